The van der Waals surface area contributed by atoms with Gasteiger partial charge in [0, 0.05) is 50.5 Å². The number of carbonyl (C=O) groups is 1. The van der Waals surface area contributed by atoms with E-state index in [-0.39, 0.29) is 0 Å². The maximum Gasteiger partial charge on any atom is 0.259 e. The van der Waals surface area contributed by atoms with E-state index in [2.05, 4.69) is 9.80 Å². The lowest BCUT2D eigenvalue weighted by Crippen LogP contribution is -2.49. The monoisotopic (exact) mass is 461 g/mol. The van der Waals surface area contributed by atoms with E-state index in [4.69, 9.17) is 4.74 Å². The van der Waals surface area contributed by atoms with Crippen molar-refractivity contribution in [1.82, 2.24) is 9.80 Å². The number of hydrogen-bond acceptors (Lipinski definition) is 4. The molecule has 0 radical (unpaired) electrons. The Hall–Kier alpha value is -2.74. The molecule has 0 saturated carbocycles. The van der Waals surface area contributed by atoms with Gasteiger partial charge in [-0.1, -0.05) is 6.42 Å². The largest absolute Gasteiger partial charge is 0.494 e. The van der Waals surface area contributed by atoms with Gasteiger partial charge in [0.1, 0.15) is 28.8 Å². The number of ether oxygens (including phenoxy) is 1. The summed E-state index contributed by atoms with van der Waals surface area (Å²) in [6.45, 7) is 5.87. The Morgan fingerprint density at radius 2 is 1.48 bits per heavy atom. The summed E-state index contributed by atoms with van der Waals surface area (Å²) >= 11 is 0. The van der Waals surface area contributed by atoms with Gasteiger partial charge in [-0.05, 0) is 56.6 Å². The Labute approximate surface area is 192 Å². The first kappa shape index (κ1) is 23.4. The molecular weight excluding hydrogens is 431 g/mol. The van der Waals surface area contributed by atoms with E-state index in [9.17, 15) is 18.0 Å². The van der Waals surface area contributed by atoms with E-state index in [0.717, 1.165) is 24.4 Å². The van der Waals surface area contributed by atoms with Crippen LogP contribution in [0.25, 0.3) is 0 Å². The van der Waals surface area contributed by atoms with Crippen LogP contribution in [0.5, 0.6) is 5.75 Å². The molecule has 0 atom stereocenters. The minimum absolute atomic E-state index is 0.323. The van der Waals surface area contributed by atoms with Crippen LogP contribution in [0.2, 0.25) is 0 Å². The fraction of sp³-hybridized carbons (Fsp3) is 0.480. The second-order valence-corrected chi connectivity index (χ2v) is 8.62. The van der Waals surface area contributed by atoms with Gasteiger partial charge in [0.2, 0.25) is 0 Å². The summed E-state index contributed by atoms with van der Waals surface area (Å²) in [4.78, 5) is 18.6. The maximum absolute atomic E-state index is 13.9. The van der Waals surface area contributed by atoms with Gasteiger partial charge in [0.05, 0.1) is 6.61 Å². The van der Waals surface area contributed by atoms with Crippen LogP contribution in [0.3, 0.4) is 0 Å². The van der Waals surface area contributed by atoms with E-state index in [1.165, 1.54) is 37.3 Å². The predicted octanol–water partition coefficient (Wildman–Crippen LogP) is 4.32. The van der Waals surface area contributed by atoms with E-state index >= 15 is 0 Å². The second-order valence-electron chi connectivity index (χ2n) is 8.62. The molecule has 0 bridgehead atoms. The molecule has 0 N–H and O–H groups in total. The number of rotatable bonds is 7. The van der Waals surface area contributed by atoms with Crippen LogP contribution in [0.1, 0.15) is 36.0 Å². The molecule has 2 aromatic carbocycles. The van der Waals surface area contributed by atoms with Gasteiger partial charge in [-0.25, -0.2) is 13.2 Å². The first-order chi connectivity index (χ1) is 16.0. The number of likely N-dealkylation sites (tertiary alicyclic amines) is 1. The van der Waals surface area contributed by atoms with Crippen LogP contribution in [0.4, 0.5) is 18.9 Å². The van der Waals surface area contributed by atoms with Crippen LogP contribution in [0.15, 0.2) is 36.4 Å². The molecule has 0 aliphatic carbocycles. The van der Waals surface area contributed by atoms with E-state index in [1.807, 2.05) is 24.3 Å². The molecule has 8 heteroatoms. The number of piperazine rings is 1. The summed E-state index contributed by atoms with van der Waals surface area (Å²) in [6.07, 6.45) is 4.94. The normalized spacial score (nSPS) is 17.3. The van der Waals surface area contributed by atoms with Crippen molar-refractivity contribution in [2.75, 3.05) is 57.3 Å². The highest BCUT2D eigenvalue weighted by atomic mass is 19.1. The van der Waals surface area contributed by atoms with E-state index in [1.54, 1.807) is 0 Å². The first-order valence-corrected chi connectivity index (χ1v) is 11.7. The van der Waals surface area contributed by atoms with Crippen molar-refractivity contribution in [3.05, 3.63) is 59.4 Å². The van der Waals surface area contributed by atoms with Gasteiger partial charge >= 0.3 is 0 Å². The number of anilines is 1. The minimum Gasteiger partial charge on any atom is -0.494 e. The standard InChI is InChI=1S/C25H30F3N3O2/c26-19-17-22(27)24(23(28)18-19)25(32)31-14-12-30(13-15-31)20-5-7-21(8-6-20)33-16-4-11-29-9-2-1-3-10-29/h5-8,17-18H,1-4,9-16H2. The number of piperidine rings is 1. The lowest BCUT2D eigenvalue weighted by atomic mass is 10.1. The fourth-order valence-corrected chi connectivity index (χ4v) is 4.49. The quantitative estimate of drug-likeness (QED) is 0.576. The first-order valence-electron chi connectivity index (χ1n) is 11.7. The fourth-order valence-electron chi connectivity index (χ4n) is 4.49. The molecule has 4 rings (SSSR count). The summed E-state index contributed by atoms with van der Waals surface area (Å²) in [5, 5.41) is 0. The number of benzene rings is 2. The smallest absolute Gasteiger partial charge is 0.259 e. The van der Waals surface area contributed by atoms with E-state index in [0.29, 0.717) is 44.9 Å². The Balaban J connectivity index is 1.24. The lowest BCUT2D eigenvalue weighted by molar-refractivity contribution is 0.0736. The third-order valence-corrected chi connectivity index (χ3v) is 6.33. The molecule has 2 saturated heterocycles. The summed E-state index contributed by atoms with van der Waals surface area (Å²) < 4.78 is 46.9. The van der Waals surface area contributed by atoms with Crippen molar-refractivity contribution in [3.8, 4) is 5.75 Å². The number of hydrogen-bond donors (Lipinski definition) is 0. The van der Waals surface area contributed by atoms with Crippen molar-refractivity contribution < 1.29 is 22.7 Å². The summed E-state index contributed by atoms with van der Waals surface area (Å²) in [5.74, 6) is -3.31. The van der Waals surface area contributed by atoms with Crippen LogP contribution in [-0.2, 0) is 0 Å². The average molecular weight is 462 g/mol. The van der Waals surface area contributed by atoms with Gasteiger partial charge in [0.25, 0.3) is 5.91 Å². The molecule has 1 amide bonds. The van der Waals surface area contributed by atoms with Gasteiger partial charge in [-0.2, -0.15) is 0 Å². The highest BCUT2D eigenvalue weighted by molar-refractivity contribution is 5.95. The summed E-state index contributed by atoms with van der Waals surface area (Å²) in [5.41, 5.74) is 0.300. The molecule has 0 unspecified atom stereocenters. The maximum atomic E-state index is 13.9. The molecular formula is C25H30F3N3O2. The van der Waals surface area contributed by atoms with Gasteiger partial charge in [0.15, 0.2) is 0 Å². The number of nitrogens with zero attached hydrogens (tertiary/aromatic N) is 3. The molecule has 178 valence electrons. The van der Waals surface area contributed by atoms with Crippen LogP contribution in [-0.4, -0.2) is 68.1 Å². The summed E-state index contributed by atoms with van der Waals surface area (Å²) in [6, 6.07) is 8.91. The van der Waals surface area contributed by atoms with Crippen LogP contribution in [0, 0.1) is 17.5 Å². The molecule has 33 heavy (non-hydrogen) atoms. The zero-order valence-corrected chi connectivity index (χ0v) is 18.7. The van der Waals surface area contributed by atoms with Crippen LogP contribution >= 0.6 is 0 Å². The Kier molecular flexibility index (Phi) is 7.75. The van der Waals surface area contributed by atoms with Crippen molar-refractivity contribution in [1.29, 1.82) is 0 Å². The highest BCUT2D eigenvalue weighted by Crippen LogP contribution is 2.23. The molecule has 2 aromatic rings. The zero-order valence-electron chi connectivity index (χ0n) is 18.7. The zero-order chi connectivity index (χ0) is 23.2. The van der Waals surface area contributed by atoms with E-state index < -0.39 is 28.9 Å². The Bertz CT molecular complexity index is 917. The number of halogens is 3. The molecule has 2 aliphatic rings. The van der Waals surface area contributed by atoms with Crippen LogP contribution < -0.4 is 9.64 Å². The average Bonchev–Trinajstić information content (AvgIpc) is 2.82. The molecule has 0 aromatic heterocycles. The van der Waals surface area contributed by atoms with Gasteiger partial charge < -0.3 is 19.4 Å². The second kappa shape index (κ2) is 10.9. The SMILES string of the molecule is O=C(c1c(F)cc(F)cc1F)N1CCN(c2ccc(OCCCN3CCCCC3)cc2)CC1. The molecule has 2 fully saturated rings. The molecule has 2 aliphatic heterocycles. The third-order valence-electron chi connectivity index (χ3n) is 6.33. The Morgan fingerprint density at radius 3 is 2.12 bits per heavy atom. The number of carbonyl (C=O) groups excluding carboxylic acids is 1. The topological polar surface area (TPSA) is 36.0 Å². The highest BCUT2D eigenvalue weighted by Gasteiger charge is 2.27. The predicted molar refractivity (Wildman–Crippen MR) is 121 cm³/mol. The minimum atomic E-state index is -1.17. The lowest BCUT2D eigenvalue weighted by Gasteiger charge is -2.36. The Morgan fingerprint density at radius 1 is 0.848 bits per heavy atom. The third kappa shape index (κ3) is 5.99. The van der Waals surface area contributed by atoms with Crippen molar-refractivity contribution in [2.45, 2.75) is 25.7 Å². The van der Waals surface area contributed by atoms with Crippen molar-refractivity contribution >= 4 is 11.6 Å². The molecule has 0 spiro atoms. The van der Waals surface area contributed by atoms with Crippen molar-refractivity contribution in [2.24, 2.45) is 0 Å². The molecule has 2 heterocycles. The van der Waals surface area contributed by atoms with Crippen molar-refractivity contribution in [3.63, 3.8) is 0 Å². The summed E-state index contributed by atoms with van der Waals surface area (Å²) in [7, 11) is 0. The van der Waals surface area contributed by atoms with Gasteiger partial charge in [-0.15, -0.1) is 0 Å². The van der Waals surface area contributed by atoms with Gasteiger partial charge in [-0.3, -0.25) is 4.79 Å². The molecule has 5 nitrogen and oxygen atoms in total. The number of amides is 1.